The summed E-state index contributed by atoms with van der Waals surface area (Å²) >= 11 is 0. The van der Waals surface area contributed by atoms with Crippen LogP contribution in [0.1, 0.15) is 73.1 Å². The Morgan fingerprint density at radius 3 is 2.58 bits per heavy atom. The fraction of sp³-hybridized carbons (Fsp3) is 0.680. The number of carboxylic acids is 1. The first-order valence-electron chi connectivity index (χ1n) is 11.4. The van der Waals surface area contributed by atoms with Gasteiger partial charge in [0.05, 0.1) is 5.92 Å². The molecule has 1 saturated carbocycles. The van der Waals surface area contributed by atoms with E-state index in [0.29, 0.717) is 24.0 Å². The van der Waals surface area contributed by atoms with Gasteiger partial charge in [-0.25, -0.2) is 4.79 Å². The maximum absolute atomic E-state index is 12.7. The molecule has 0 bridgehead atoms. The predicted octanol–water partition coefficient (Wildman–Crippen LogP) is 4.52. The zero-order valence-corrected chi connectivity index (χ0v) is 19.3. The molecular formula is C25H36O6. The lowest BCUT2D eigenvalue weighted by atomic mass is 9.56. The summed E-state index contributed by atoms with van der Waals surface area (Å²) in [5.41, 5.74) is 0.267. The van der Waals surface area contributed by atoms with Gasteiger partial charge in [0.15, 0.2) is 5.78 Å². The van der Waals surface area contributed by atoms with Crippen molar-refractivity contribution in [3.63, 3.8) is 0 Å². The lowest BCUT2D eigenvalue weighted by Crippen LogP contribution is -2.49. The standard InChI is InChI=1S/C25H36O6/c1-6-7-8-15(2)11-16(3)24(30)31-22-10-9-19(23(28)29)25(5)13-18(17(4)14-26)21(27)12-20(22)25/h11-12,14-15,17-19,22H,6-10,13H2,1-5H3,(H,28,29)/b16-11+/t15?,17?,18-,19+,22+,25+/m0/s1. The van der Waals surface area contributed by atoms with Gasteiger partial charge in [-0.3, -0.25) is 9.59 Å². The number of carboxylic acid groups (broad SMARTS) is 1. The third-order valence-corrected chi connectivity index (χ3v) is 7.07. The number of carbonyl (C=O) groups excluding carboxylic acids is 3. The van der Waals surface area contributed by atoms with Gasteiger partial charge in [-0.1, -0.05) is 46.6 Å². The number of aldehydes is 1. The number of rotatable bonds is 9. The second kappa shape index (κ2) is 10.4. The van der Waals surface area contributed by atoms with Crippen molar-refractivity contribution in [2.24, 2.45) is 29.1 Å². The zero-order chi connectivity index (χ0) is 23.3. The Morgan fingerprint density at radius 1 is 1.32 bits per heavy atom. The van der Waals surface area contributed by atoms with E-state index >= 15 is 0 Å². The van der Waals surface area contributed by atoms with E-state index in [9.17, 15) is 24.3 Å². The molecule has 0 heterocycles. The summed E-state index contributed by atoms with van der Waals surface area (Å²) in [5, 5.41) is 9.82. The van der Waals surface area contributed by atoms with Gasteiger partial charge >= 0.3 is 11.9 Å². The number of unbranched alkanes of at least 4 members (excludes halogenated alkanes) is 1. The number of esters is 1. The van der Waals surface area contributed by atoms with Gasteiger partial charge in [-0.05, 0) is 50.2 Å². The number of carbonyl (C=O) groups is 4. The second-order valence-electron chi connectivity index (χ2n) is 9.56. The monoisotopic (exact) mass is 432 g/mol. The van der Waals surface area contributed by atoms with Gasteiger partial charge in [0, 0.05) is 22.8 Å². The van der Waals surface area contributed by atoms with Crippen LogP contribution < -0.4 is 0 Å². The molecule has 1 N–H and O–H groups in total. The molecule has 2 rings (SSSR count). The quantitative estimate of drug-likeness (QED) is 0.327. The first-order valence-corrected chi connectivity index (χ1v) is 11.4. The smallest absolute Gasteiger partial charge is 0.333 e. The minimum Gasteiger partial charge on any atom is -0.481 e. The molecule has 31 heavy (non-hydrogen) atoms. The number of fused-ring (bicyclic) bond motifs is 1. The van der Waals surface area contributed by atoms with Crippen LogP contribution in [0.2, 0.25) is 0 Å². The van der Waals surface area contributed by atoms with Crippen molar-refractivity contribution in [1.82, 2.24) is 0 Å². The van der Waals surface area contributed by atoms with Gasteiger partial charge < -0.3 is 14.6 Å². The summed E-state index contributed by atoms with van der Waals surface area (Å²) in [7, 11) is 0. The Balaban J connectivity index is 2.29. The summed E-state index contributed by atoms with van der Waals surface area (Å²) in [5.74, 6) is -3.01. The van der Waals surface area contributed by atoms with E-state index < -0.39 is 41.2 Å². The average molecular weight is 433 g/mol. The Kier molecular flexibility index (Phi) is 8.38. The minimum absolute atomic E-state index is 0.195. The number of hydrogen-bond acceptors (Lipinski definition) is 5. The molecule has 2 aliphatic rings. The van der Waals surface area contributed by atoms with Crippen LogP contribution in [-0.2, 0) is 23.9 Å². The normalized spacial score (nSPS) is 30.6. The summed E-state index contributed by atoms with van der Waals surface area (Å²) < 4.78 is 5.80. The molecule has 2 aliphatic carbocycles. The molecule has 0 aromatic heterocycles. The number of ketones is 1. The van der Waals surface area contributed by atoms with Crippen molar-refractivity contribution >= 4 is 24.0 Å². The molecule has 0 spiro atoms. The van der Waals surface area contributed by atoms with Crippen LogP contribution >= 0.6 is 0 Å². The third kappa shape index (κ3) is 5.52. The molecule has 0 aromatic carbocycles. The van der Waals surface area contributed by atoms with Crippen molar-refractivity contribution in [2.75, 3.05) is 0 Å². The highest BCUT2D eigenvalue weighted by molar-refractivity contribution is 5.96. The van der Waals surface area contributed by atoms with E-state index in [-0.39, 0.29) is 18.1 Å². The lowest BCUT2D eigenvalue weighted by molar-refractivity contribution is -0.153. The fourth-order valence-corrected chi connectivity index (χ4v) is 5.08. The lowest BCUT2D eigenvalue weighted by Gasteiger charge is -2.48. The Hall–Kier alpha value is -2.24. The van der Waals surface area contributed by atoms with Gasteiger partial charge in [0.2, 0.25) is 0 Å². The first-order chi connectivity index (χ1) is 14.5. The highest BCUT2D eigenvalue weighted by Gasteiger charge is 2.53. The number of aliphatic carboxylic acids is 1. The van der Waals surface area contributed by atoms with E-state index in [0.717, 1.165) is 25.5 Å². The van der Waals surface area contributed by atoms with Crippen LogP contribution in [0.25, 0.3) is 0 Å². The summed E-state index contributed by atoms with van der Waals surface area (Å²) in [4.78, 5) is 48.8. The maximum Gasteiger partial charge on any atom is 0.333 e. The van der Waals surface area contributed by atoms with E-state index in [4.69, 9.17) is 4.74 Å². The van der Waals surface area contributed by atoms with Crippen LogP contribution in [0.15, 0.2) is 23.3 Å². The molecule has 0 aliphatic heterocycles. The van der Waals surface area contributed by atoms with E-state index in [1.807, 2.05) is 13.0 Å². The highest BCUT2D eigenvalue weighted by atomic mass is 16.5. The molecule has 0 amide bonds. The molecule has 6 heteroatoms. The van der Waals surface area contributed by atoms with Crippen LogP contribution in [0.3, 0.4) is 0 Å². The molecule has 1 fully saturated rings. The Bertz CT molecular complexity index is 779. The Morgan fingerprint density at radius 2 is 2.00 bits per heavy atom. The largest absolute Gasteiger partial charge is 0.481 e. The predicted molar refractivity (Wildman–Crippen MR) is 117 cm³/mol. The molecular weight excluding hydrogens is 396 g/mol. The fourth-order valence-electron chi connectivity index (χ4n) is 5.08. The van der Waals surface area contributed by atoms with Crippen molar-refractivity contribution in [1.29, 1.82) is 0 Å². The van der Waals surface area contributed by atoms with E-state index in [1.165, 1.54) is 6.08 Å². The minimum atomic E-state index is -0.925. The highest BCUT2D eigenvalue weighted by Crippen LogP contribution is 2.53. The summed E-state index contributed by atoms with van der Waals surface area (Å²) in [6, 6.07) is 0. The summed E-state index contributed by atoms with van der Waals surface area (Å²) in [6.07, 6.45) is 7.66. The van der Waals surface area contributed by atoms with Gasteiger partial charge in [-0.15, -0.1) is 0 Å². The van der Waals surface area contributed by atoms with Gasteiger partial charge in [-0.2, -0.15) is 0 Å². The zero-order valence-electron chi connectivity index (χ0n) is 19.3. The molecule has 0 radical (unpaired) electrons. The second-order valence-corrected chi connectivity index (χ2v) is 9.56. The first kappa shape index (κ1) is 25.0. The SMILES string of the molecule is CCCCC(C)/C=C(\C)C(=O)O[C@@H]1CC[C@H](C(=O)O)[C@@]2(C)C[C@@H](C(C)C=O)C(=O)C=C12. The summed E-state index contributed by atoms with van der Waals surface area (Å²) in [6.45, 7) is 9.43. The van der Waals surface area contributed by atoms with Crippen molar-refractivity contribution < 1.29 is 29.0 Å². The van der Waals surface area contributed by atoms with Gasteiger partial charge in [0.1, 0.15) is 12.4 Å². The van der Waals surface area contributed by atoms with E-state index in [1.54, 1.807) is 13.8 Å². The van der Waals surface area contributed by atoms with E-state index in [2.05, 4.69) is 13.8 Å². The van der Waals surface area contributed by atoms with Crippen LogP contribution in [0.5, 0.6) is 0 Å². The Labute approximate surface area is 185 Å². The molecule has 0 saturated heterocycles. The molecule has 0 aromatic rings. The maximum atomic E-state index is 12.7. The number of ether oxygens (including phenoxy) is 1. The third-order valence-electron chi connectivity index (χ3n) is 7.07. The molecule has 6 atom stereocenters. The molecule has 6 nitrogen and oxygen atoms in total. The van der Waals surface area contributed by atoms with Crippen molar-refractivity contribution in [2.45, 2.75) is 79.2 Å². The van der Waals surface area contributed by atoms with Crippen LogP contribution in [-0.4, -0.2) is 35.2 Å². The van der Waals surface area contributed by atoms with Crippen molar-refractivity contribution in [3.8, 4) is 0 Å². The number of allylic oxidation sites excluding steroid dienone is 2. The van der Waals surface area contributed by atoms with Gasteiger partial charge in [0.25, 0.3) is 0 Å². The van der Waals surface area contributed by atoms with Crippen LogP contribution in [0.4, 0.5) is 0 Å². The molecule has 2 unspecified atom stereocenters. The van der Waals surface area contributed by atoms with Crippen LogP contribution in [0, 0.1) is 29.1 Å². The number of hydrogen-bond donors (Lipinski definition) is 1. The molecule has 172 valence electrons. The average Bonchev–Trinajstić information content (AvgIpc) is 2.71. The topological polar surface area (TPSA) is 97.7 Å². The van der Waals surface area contributed by atoms with Crippen molar-refractivity contribution in [3.05, 3.63) is 23.3 Å².